The van der Waals surface area contributed by atoms with Gasteiger partial charge in [0.1, 0.15) is 11.5 Å². The Morgan fingerprint density at radius 2 is 1.00 bits per heavy atom. The first-order chi connectivity index (χ1) is 21.6. The maximum atomic E-state index is 13.6. The molecule has 6 aromatic rings. The summed E-state index contributed by atoms with van der Waals surface area (Å²) in [4.78, 5) is 30.7. The van der Waals surface area contributed by atoms with Gasteiger partial charge in [0.15, 0.2) is 0 Å². The monoisotopic (exact) mass is 576 g/mol. The predicted molar refractivity (Wildman–Crippen MR) is 175 cm³/mol. The number of hydrogen-bond acceptors (Lipinski definition) is 5. The van der Waals surface area contributed by atoms with Gasteiger partial charge in [-0.2, -0.15) is 0 Å². The molecule has 1 heterocycles. The highest BCUT2D eigenvalue weighted by Crippen LogP contribution is 2.38. The molecule has 0 fully saturated rings. The van der Waals surface area contributed by atoms with Crippen molar-refractivity contribution in [3.8, 4) is 22.6 Å². The lowest BCUT2D eigenvalue weighted by Crippen LogP contribution is -2.40. The van der Waals surface area contributed by atoms with Crippen molar-refractivity contribution in [1.82, 2.24) is 0 Å². The highest BCUT2D eigenvalue weighted by atomic mass is 16.5. The van der Waals surface area contributed by atoms with Crippen LogP contribution < -0.4 is 19.3 Å². The molecule has 0 atom stereocenters. The summed E-state index contributed by atoms with van der Waals surface area (Å²) >= 11 is 0. The first kappa shape index (κ1) is 27.0. The van der Waals surface area contributed by atoms with E-state index in [1.54, 1.807) is 32.4 Å². The Morgan fingerprint density at radius 1 is 0.523 bits per heavy atom. The average Bonchev–Trinajstić information content (AvgIpc) is 3.08. The van der Waals surface area contributed by atoms with Gasteiger partial charge < -0.3 is 14.4 Å². The Labute approximate surface area is 255 Å². The highest BCUT2D eigenvalue weighted by Gasteiger charge is 2.33. The Balaban J connectivity index is 1.23. The summed E-state index contributed by atoms with van der Waals surface area (Å²) in [6.07, 6.45) is 0. The Bertz CT molecular complexity index is 1920. The van der Waals surface area contributed by atoms with E-state index in [9.17, 15) is 9.59 Å². The van der Waals surface area contributed by atoms with Gasteiger partial charge >= 0.3 is 0 Å². The molecule has 6 nitrogen and oxygen atoms in total. The number of nitrogens with zero attached hydrogens (tertiary/aromatic N) is 2. The number of carbonyl (C=O) groups excluding carboxylic acids is 2. The number of rotatable bonds is 7. The molecule has 0 spiro atoms. The maximum absolute atomic E-state index is 13.6. The highest BCUT2D eigenvalue weighted by molar-refractivity contribution is 6.35. The molecular weight excluding hydrogens is 548 g/mol. The zero-order chi connectivity index (χ0) is 30.2. The normalized spacial score (nSPS) is 12.4. The maximum Gasteiger partial charge on any atom is 0.265 e. The Hall–Kier alpha value is -5.88. The summed E-state index contributed by atoms with van der Waals surface area (Å²) in [7, 11) is 3.31. The van der Waals surface area contributed by atoms with Crippen LogP contribution in [0.25, 0.3) is 21.9 Å². The molecule has 0 aliphatic carbocycles. The number of carbonyl (C=O) groups is 2. The molecule has 6 aromatic carbocycles. The van der Waals surface area contributed by atoms with Crippen LogP contribution in [-0.2, 0) is 0 Å². The van der Waals surface area contributed by atoms with E-state index in [0.29, 0.717) is 22.2 Å². The Morgan fingerprint density at radius 3 is 1.50 bits per heavy atom. The molecule has 1 aliphatic rings. The quantitative estimate of drug-likeness (QED) is 0.178. The minimum atomic E-state index is -0.318. The van der Waals surface area contributed by atoms with Gasteiger partial charge in [-0.15, -0.1) is 0 Å². The van der Waals surface area contributed by atoms with Gasteiger partial charge in [0.2, 0.25) is 0 Å². The van der Waals surface area contributed by atoms with Gasteiger partial charge in [-0.3, -0.25) is 9.59 Å². The SMILES string of the molecule is COc1ccc(N(c2ccc(OC)cc2)c2ccc(-c3cccc(N4C(=O)c5cccc6cccc(c56)C4=O)c3)cc2)cc1. The van der Waals surface area contributed by atoms with E-state index in [0.717, 1.165) is 45.1 Å². The third kappa shape index (κ3) is 4.63. The number of benzene rings is 6. The standard InChI is InChI=1S/C38H28N2O4/c1-43-32-20-16-29(17-21-32)39(30-18-22-33(44-2)23-19-30)28-14-12-25(13-15-28)27-8-3-9-31(24-27)40-37(41)34-10-4-6-26-7-5-11-35(36(26)34)38(40)42/h3-24H,1-2H3. The van der Waals surface area contributed by atoms with Crippen molar-refractivity contribution in [3.63, 3.8) is 0 Å². The zero-order valence-electron chi connectivity index (χ0n) is 24.2. The number of ether oxygens (including phenoxy) is 2. The number of anilines is 4. The fourth-order valence-corrected chi connectivity index (χ4v) is 5.80. The third-order valence-electron chi connectivity index (χ3n) is 8.00. The molecule has 1 aliphatic heterocycles. The van der Waals surface area contributed by atoms with Gasteiger partial charge in [0, 0.05) is 33.6 Å². The summed E-state index contributed by atoms with van der Waals surface area (Å²) in [5.41, 5.74) is 6.37. The van der Waals surface area contributed by atoms with E-state index in [-0.39, 0.29) is 11.8 Å². The van der Waals surface area contributed by atoms with Crippen molar-refractivity contribution >= 4 is 45.3 Å². The van der Waals surface area contributed by atoms with Crippen molar-refractivity contribution in [1.29, 1.82) is 0 Å². The molecule has 0 N–H and O–H groups in total. The average molecular weight is 577 g/mol. The third-order valence-corrected chi connectivity index (χ3v) is 8.00. The molecule has 2 amide bonds. The summed E-state index contributed by atoms with van der Waals surface area (Å²) < 4.78 is 10.7. The van der Waals surface area contributed by atoms with Crippen LogP contribution in [0.15, 0.2) is 133 Å². The molecule has 214 valence electrons. The summed E-state index contributed by atoms with van der Waals surface area (Å²) in [6, 6.07) is 42.7. The fourth-order valence-electron chi connectivity index (χ4n) is 5.80. The van der Waals surface area contributed by atoms with E-state index in [1.165, 1.54) is 4.90 Å². The van der Waals surface area contributed by atoms with Gasteiger partial charge in [0.05, 0.1) is 19.9 Å². The van der Waals surface area contributed by atoms with Crippen LogP contribution in [0.2, 0.25) is 0 Å². The molecule has 0 saturated carbocycles. The number of methoxy groups -OCH3 is 2. The fraction of sp³-hybridized carbons (Fsp3) is 0.0526. The second-order valence-electron chi connectivity index (χ2n) is 10.5. The summed E-state index contributed by atoms with van der Waals surface area (Å²) in [5.74, 6) is 0.928. The lowest BCUT2D eigenvalue weighted by Gasteiger charge is -2.27. The van der Waals surface area contributed by atoms with E-state index in [1.807, 2.05) is 103 Å². The summed E-state index contributed by atoms with van der Waals surface area (Å²) in [6.45, 7) is 0. The first-order valence-corrected chi connectivity index (χ1v) is 14.2. The van der Waals surface area contributed by atoms with E-state index in [4.69, 9.17) is 9.47 Å². The van der Waals surface area contributed by atoms with Crippen molar-refractivity contribution in [3.05, 3.63) is 145 Å². The molecule has 7 rings (SSSR count). The van der Waals surface area contributed by atoms with Crippen LogP contribution in [0.1, 0.15) is 20.7 Å². The molecule has 6 heteroatoms. The number of hydrogen-bond donors (Lipinski definition) is 0. The van der Waals surface area contributed by atoms with Gasteiger partial charge in [-0.05, 0) is 101 Å². The van der Waals surface area contributed by atoms with Gasteiger partial charge in [0.25, 0.3) is 11.8 Å². The van der Waals surface area contributed by atoms with Crippen LogP contribution in [0.5, 0.6) is 11.5 Å². The Kier molecular flexibility index (Phi) is 6.79. The second-order valence-corrected chi connectivity index (χ2v) is 10.5. The lowest BCUT2D eigenvalue weighted by atomic mass is 9.93. The van der Waals surface area contributed by atoms with Crippen molar-refractivity contribution in [2.75, 3.05) is 24.0 Å². The molecule has 0 unspecified atom stereocenters. The molecule has 44 heavy (non-hydrogen) atoms. The minimum Gasteiger partial charge on any atom is -0.497 e. The minimum absolute atomic E-state index is 0.318. The van der Waals surface area contributed by atoms with E-state index < -0.39 is 0 Å². The molecule has 0 saturated heterocycles. The zero-order valence-corrected chi connectivity index (χ0v) is 24.2. The van der Waals surface area contributed by atoms with Gasteiger partial charge in [-0.1, -0.05) is 48.5 Å². The van der Waals surface area contributed by atoms with Crippen molar-refractivity contribution in [2.45, 2.75) is 0 Å². The van der Waals surface area contributed by atoms with Crippen molar-refractivity contribution < 1.29 is 19.1 Å². The second kappa shape index (κ2) is 11.1. The predicted octanol–water partition coefficient (Wildman–Crippen LogP) is 8.79. The van der Waals surface area contributed by atoms with Crippen molar-refractivity contribution in [2.24, 2.45) is 0 Å². The van der Waals surface area contributed by atoms with Crippen LogP contribution in [0.4, 0.5) is 22.7 Å². The molecule has 0 radical (unpaired) electrons. The van der Waals surface area contributed by atoms with Crippen LogP contribution in [0, 0.1) is 0 Å². The van der Waals surface area contributed by atoms with Crippen LogP contribution in [-0.4, -0.2) is 26.0 Å². The van der Waals surface area contributed by atoms with Crippen LogP contribution >= 0.6 is 0 Å². The molecular formula is C38H28N2O4. The lowest BCUT2D eigenvalue weighted by molar-refractivity contribution is 0.0893. The molecule has 0 bridgehead atoms. The first-order valence-electron chi connectivity index (χ1n) is 14.2. The molecule has 0 aromatic heterocycles. The smallest absolute Gasteiger partial charge is 0.265 e. The summed E-state index contributed by atoms with van der Waals surface area (Å²) in [5, 5.41) is 1.60. The van der Waals surface area contributed by atoms with Gasteiger partial charge in [-0.25, -0.2) is 4.90 Å². The topological polar surface area (TPSA) is 59.1 Å². The number of amides is 2. The van der Waals surface area contributed by atoms with Crippen LogP contribution in [0.3, 0.4) is 0 Å². The number of imide groups is 1. The van der Waals surface area contributed by atoms with E-state index in [2.05, 4.69) is 17.0 Å². The largest absolute Gasteiger partial charge is 0.497 e. The van der Waals surface area contributed by atoms with E-state index >= 15 is 0 Å².